The van der Waals surface area contributed by atoms with E-state index in [-0.39, 0.29) is 6.47 Å². The van der Waals surface area contributed by atoms with Gasteiger partial charge in [-0.05, 0) is 0 Å². The minimum Gasteiger partial charge on any atom is -0.483 e. The molecule has 3 nitrogen and oxygen atoms in total. The van der Waals surface area contributed by atoms with E-state index in [1.807, 2.05) is 0 Å². The Labute approximate surface area is 50.1 Å². The molecule has 0 spiro atoms. The van der Waals surface area contributed by atoms with Crippen LogP contribution in [0, 0.1) is 0 Å². The van der Waals surface area contributed by atoms with Gasteiger partial charge in [0.1, 0.15) is 0 Å². The van der Waals surface area contributed by atoms with Gasteiger partial charge in [0.05, 0.1) is 28.2 Å². The van der Waals surface area contributed by atoms with Crippen molar-refractivity contribution in [3.63, 3.8) is 0 Å². The Balaban J connectivity index is 0. The number of nitrogens with zero attached hydrogens (tertiary/aromatic N) is 1. The summed E-state index contributed by atoms with van der Waals surface area (Å²) in [6, 6.07) is 0. The van der Waals surface area contributed by atoms with E-state index in [1.54, 1.807) is 0 Å². The van der Waals surface area contributed by atoms with E-state index in [4.69, 9.17) is 9.90 Å². The number of carboxylic acid groups (broad SMARTS) is 1. The second-order valence-corrected chi connectivity index (χ2v) is 2.79. The second-order valence-electron chi connectivity index (χ2n) is 2.79. The van der Waals surface area contributed by atoms with Crippen molar-refractivity contribution >= 4 is 6.47 Å². The van der Waals surface area contributed by atoms with Crippen molar-refractivity contribution in [2.45, 2.75) is 0 Å². The van der Waals surface area contributed by atoms with Gasteiger partial charge in [0.2, 0.25) is 0 Å². The average Bonchev–Trinajstić information content (AvgIpc) is 1.27. The van der Waals surface area contributed by atoms with Gasteiger partial charge in [-0.3, -0.25) is 4.79 Å². The molecule has 0 saturated heterocycles. The lowest BCUT2D eigenvalue weighted by Gasteiger charge is -2.14. The van der Waals surface area contributed by atoms with Crippen LogP contribution in [0.5, 0.6) is 0 Å². The molecule has 8 heavy (non-hydrogen) atoms. The Morgan fingerprint density at radius 3 is 1.25 bits per heavy atom. The molecule has 0 rings (SSSR count). The Hall–Kier alpha value is -0.570. The minimum atomic E-state index is -0.250. The van der Waals surface area contributed by atoms with E-state index in [0.29, 0.717) is 0 Å². The average molecular weight is 120 g/mol. The zero-order chi connectivity index (χ0) is 7.21. The predicted octanol–water partition coefficient (Wildman–Crippen LogP) is 0.0232. The molecular formula is C5H14NO2+. The van der Waals surface area contributed by atoms with Crippen molar-refractivity contribution in [2.75, 3.05) is 28.2 Å². The molecule has 0 amide bonds. The molecule has 0 aromatic rings. The van der Waals surface area contributed by atoms with Crippen LogP contribution >= 0.6 is 0 Å². The van der Waals surface area contributed by atoms with Crippen LogP contribution in [-0.2, 0) is 4.79 Å². The van der Waals surface area contributed by atoms with Crippen LogP contribution in [0.2, 0.25) is 0 Å². The third-order valence-corrected chi connectivity index (χ3v) is 0. The normalized spacial score (nSPS) is 9.00. The quantitative estimate of drug-likeness (QED) is 0.361. The van der Waals surface area contributed by atoms with Crippen LogP contribution in [0.3, 0.4) is 0 Å². The van der Waals surface area contributed by atoms with Crippen molar-refractivity contribution < 1.29 is 14.4 Å². The van der Waals surface area contributed by atoms with Gasteiger partial charge >= 0.3 is 0 Å². The molecule has 50 valence electrons. The lowest BCUT2D eigenvalue weighted by Crippen LogP contribution is -2.27. The van der Waals surface area contributed by atoms with Crippen LogP contribution in [0.25, 0.3) is 0 Å². The van der Waals surface area contributed by atoms with Crippen LogP contribution < -0.4 is 0 Å². The molecule has 0 saturated carbocycles. The molecule has 0 fully saturated rings. The maximum atomic E-state index is 8.36. The number of rotatable bonds is 0. The third kappa shape index (κ3) is 328. The highest BCUT2D eigenvalue weighted by atomic mass is 16.3. The smallest absolute Gasteiger partial charge is 0.290 e. The van der Waals surface area contributed by atoms with Crippen LogP contribution in [-0.4, -0.2) is 44.3 Å². The number of hydrogen-bond acceptors (Lipinski definition) is 1. The Kier molecular flexibility index (Phi) is 5.97. The summed E-state index contributed by atoms with van der Waals surface area (Å²) >= 11 is 0. The summed E-state index contributed by atoms with van der Waals surface area (Å²) in [5, 5.41) is 6.89. The monoisotopic (exact) mass is 120 g/mol. The molecule has 0 aliphatic rings. The molecular weight excluding hydrogens is 106 g/mol. The van der Waals surface area contributed by atoms with E-state index in [1.165, 1.54) is 0 Å². The summed E-state index contributed by atoms with van der Waals surface area (Å²) in [4.78, 5) is 8.36. The third-order valence-electron chi connectivity index (χ3n) is 0. The van der Waals surface area contributed by atoms with Gasteiger partial charge in [-0.15, -0.1) is 0 Å². The molecule has 0 unspecified atom stereocenters. The van der Waals surface area contributed by atoms with Gasteiger partial charge in [0.25, 0.3) is 6.47 Å². The number of carbonyl (C=O) groups is 1. The van der Waals surface area contributed by atoms with E-state index in [2.05, 4.69) is 28.2 Å². The van der Waals surface area contributed by atoms with Crippen molar-refractivity contribution in [1.82, 2.24) is 0 Å². The predicted molar refractivity (Wildman–Crippen MR) is 32.6 cm³/mol. The van der Waals surface area contributed by atoms with Gasteiger partial charge in [-0.2, -0.15) is 0 Å². The zero-order valence-corrected chi connectivity index (χ0v) is 5.88. The minimum absolute atomic E-state index is 0.250. The first-order valence-electron chi connectivity index (χ1n) is 2.28. The first-order valence-corrected chi connectivity index (χ1v) is 2.28. The molecule has 0 atom stereocenters. The SMILES string of the molecule is C[N+](C)(C)C.O=CO. The van der Waals surface area contributed by atoms with E-state index < -0.39 is 0 Å². The largest absolute Gasteiger partial charge is 0.483 e. The summed E-state index contributed by atoms with van der Waals surface area (Å²) in [5.41, 5.74) is 0. The molecule has 0 aliphatic heterocycles. The van der Waals surface area contributed by atoms with Crippen LogP contribution in [0.4, 0.5) is 0 Å². The molecule has 3 heteroatoms. The second kappa shape index (κ2) is 4.59. The standard InChI is InChI=1S/C4H12N.CH2O2/c1-5(2,3)4;2-1-3/h1-4H3;1H,(H,2,3)/q+1;. The molecule has 0 radical (unpaired) electrons. The summed E-state index contributed by atoms with van der Waals surface area (Å²) in [6.45, 7) is -0.250. The zero-order valence-electron chi connectivity index (χ0n) is 5.88. The Bertz CT molecular complexity index is 49.9. The fourth-order valence-corrected chi connectivity index (χ4v) is 0. The Morgan fingerprint density at radius 2 is 1.25 bits per heavy atom. The topological polar surface area (TPSA) is 37.3 Å². The number of hydrogen-bond donors (Lipinski definition) is 1. The maximum Gasteiger partial charge on any atom is 0.290 e. The highest BCUT2D eigenvalue weighted by Crippen LogP contribution is 1.73. The van der Waals surface area contributed by atoms with Gasteiger partial charge in [0, 0.05) is 0 Å². The van der Waals surface area contributed by atoms with Crippen molar-refractivity contribution in [3.8, 4) is 0 Å². The van der Waals surface area contributed by atoms with Gasteiger partial charge in [0.15, 0.2) is 0 Å². The fraction of sp³-hybridized carbons (Fsp3) is 0.800. The van der Waals surface area contributed by atoms with Gasteiger partial charge in [-0.25, -0.2) is 0 Å². The van der Waals surface area contributed by atoms with E-state index in [9.17, 15) is 0 Å². The van der Waals surface area contributed by atoms with Crippen molar-refractivity contribution in [2.24, 2.45) is 0 Å². The highest BCUT2D eigenvalue weighted by Gasteiger charge is 1.88. The van der Waals surface area contributed by atoms with Crippen LogP contribution in [0.15, 0.2) is 0 Å². The molecule has 0 bridgehead atoms. The molecule has 0 aromatic heterocycles. The molecule has 1 N–H and O–H groups in total. The van der Waals surface area contributed by atoms with Crippen molar-refractivity contribution in [1.29, 1.82) is 0 Å². The first kappa shape index (κ1) is 10.4. The summed E-state index contributed by atoms with van der Waals surface area (Å²) in [6.07, 6.45) is 0. The first-order chi connectivity index (χ1) is 3.41. The Morgan fingerprint density at radius 1 is 1.25 bits per heavy atom. The summed E-state index contributed by atoms with van der Waals surface area (Å²) in [5.74, 6) is 0. The lowest BCUT2D eigenvalue weighted by molar-refractivity contribution is -0.849. The van der Waals surface area contributed by atoms with Crippen LogP contribution in [0.1, 0.15) is 0 Å². The van der Waals surface area contributed by atoms with E-state index in [0.717, 1.165) is 4.48 Å². The van der Waals surface area contributed by atoms with Gasteiger partial charge in [-0.1, -0.05) is 0 Å². The maximum absolute atomic E-state index is 8.36. The lowest BCUT2D eigenvalue weighted by atomic mass is 10.8. The van der Waals surface area contributed by atoms with Gasteiger partial charge < -0.3 is 9.59 Å². The van der Waals surface area contributed by atoms with Crippen molar-refractivity contribution in [3.05, 3.63) is 0 Å². The summed E-state index contributed by atoms with van der Waals surface area (Å²) in [7, 11) is 8.50. The fourth-order valence-electron chi connectivity index (χ4n) is 0. The van der Waals surface area contributed by atoms with E-state index >= 15 is 0 Å². The summed E-state index contributed by atoms with van der Waals surface area (Å²) < 4.78 is 1.00. The molecule has 0 aromatic carbocycles. The molecule has 0 aliphatic carbocycles. The molecule has 0 heterocycles. The highest BCUT2D eigenvalue weighted by molar-refractivity contribution is 5.32. The number of quaternary nitrogens is 1.